The van der Waals surface area contributed by atoms with Gasteiger partial charge in [0, 0.05) is 12.7 Å². The Morgan fingerprint density at radius 1 is 1.16 bits per heavy atom. The molecule has 1 saturated carbocycles. The lowest BCUT2D eigenvalue weighted by molar-refractivity contribution is -0.274. The zero-order chi connectivity index (χ0) is 27.9. The van der Waals surface area contributed by atoms with Gasteiger partial charge in [-0.15, -0.1) is 13.2 Å². The largest absolute Gasteiger partial charge is 0.573 e. The molecule has 0 aliphatic heterocycles. The number of imidazole rings is 1. The van der Waals surface area contributed by atoms with E-state index in [-0.39, 0.29) is 28.8 Å². The zero-order valence-electron chi connectivity index (χ0n) is 21.3. The molecule has 2 aromatic carbocycles. The van der Waals surface area contributed by atoms with Crippen LogP contribution in [-0.4, -0.2) is 53.8 Å². The van der Waals surface area contributed by atoms with E-state index in [1.165, 1.54) is 70.5 Å². The molecule has 206 valence electrons. The predicted octanol–water partition coefficient (Wildman–Crippen LogP) is 6.69. The maximum Gasteiger partial charge on any atom is 0.573 e. The lowest BCUT2D eigenvalue weighted by Gasteiger charge is -2.16. The van der Waals surface area contributed by atoms with Gasteiger partial charge in [-0.05, 0) is 42.3 Å². The van der Waals surface area contributed by atoms with Gasteiger partial charge in [0.1, 0.15) is 12.3 Å². The van der Waals surface area contributed by atoms with Crippen molar-refractivity contribution in [3.05, 3.63) is 47.0 Å². The van der Waals surface area contributed by atoms with Crippen LogP contribution in [0.1, 0.15) is 49.4 Å². The van der Waals surface area contributed by atoms with E-state index < -0.39 is 18.2 Å². The minimum Gasteiger partial charge on any atom is -0.468 e. The van der Waals surface area contributed by atoms with Gasteiger partial charge in [0.15, 0.2) is 0 Å². The van der Waals surface area contributed by atoms with Crippen molar-refractivity contribution >= 4 is 46.1 Å². The van der Waals surface area contributed by atoms with Gasteiger partial charge in [0.2, 0.25) is 5.95 Å². The number of alkyl halides is 3. The number of anilines is 2. The molecule has 0 radical (unpaired) electrons. The van der Waals surface area contributed by atoms with Crippen LogP contribution >= 0.6 is 11.6 Å². The number of rotatable bonds is 6. The summed E-state index contributed by atoms with van der Waals surface area (Å²) >= 11 is 6.21. The van der Waals surface area contributed by atoms with Crippen molar-refractivity contribution in [1.29, 1.82) is 0 Å². The summed E-state index contributed by atoms with van der Waals surface area (Å²) in [6, 6.07) is 8.06. The Balaban J connectivity index is 0.000000494. The van der Waals surface area contributed by atoms with Gasteiger partial charge < -0.3 is 24.7 Å². The molecule has 12 heteroatoms. The molecule has 0 spiro atoms. The number of aromatic amines is 1. The van der Waals surface area contributed by atoms with Crippen LogP contribution in [0.4, 0.5) is 24.8 Å². The molecular weight excluding hydrogens is 525 g/mol. The highest BCUT2D eigenvalue weighted by molar-refractivity contribution is 6.34. The van der Waals surface area contributed by atoms with Gasteiger partial charge in [-0.3, -0.25) is 9.59 Å². The number of methoxy groups -OCH3 is 1. The van der Waals surface area contributed by atoms with Crippen molar-refractivity contribution in [2.24, 2.45) is 5.92 Å². The number of esters is 1. The number of ether oxygens (including phenoxy) is 2. The van der Waals surface area contributed by atoms with Gasteiger partial charge in [-0.25, -0.2) is 4.98 Å². The van der Waals surface area contributed by atoms with Crippen molar-refractivity contribution < 1.29 is 32.2 Å². The summed E-state index contributed by atoms with van der Waals surface area (Å²) in [5, 5.41) is 3.06. The Morgan fingerprint density at radius 2 is 1.82 bits per heavy atom. The fraction of sp³-hybridized carbons (Fsp3) is 0.423. The first-order chi connectivity index (χ1) is 17.9. The van der Waals surface area contributed by atoms with Gasteiger partial charge in [0.25, 0.3) is 5.91 Å². The summed E-state index contributed by atoms with van der Waals surface area (Å²) in [5.41, 5.74) is 1.54. The second-order valence-corrected chi connectivity index (χ2v) is 9.52. The highest BCUT2D eigenvalue weighted by atomic mass is 35.5. The maximum absolute atomic E-state index is 12.6. The van der Waals surface area contributed by atoms with Crippen molar-refractivity contribution in [3.63, 3.8) is 0 Å². The van der Waals surface area contributed by atoms with Crippen LogP contribution < -0.4 is 10.1 Å². The molecule has 1 fully saturated rings. The number of hydrogen-bond donors (Lipinski definition) is 2. The molecule has 1 heterocycles. The summed E-state index contributed by atoms with van der Waals surface area (Å²) in [6.07, 6.45) is 2.67. The highest BCUT2D eigenvalue weighted by Gasteiger charge is 2.31. The number of likely N-dealkylation sites (N-methyl/N-ethyl adjacent to an activating group) is 1. The summed E-state index contributed by atoms with van der Waals surface area (Å²) < 4.78 is 45.1. The molecule has 0 bridgehead atoms. The molecule has 2 N–H and O–H groups in total. The Bertz CT molecular complexity index is 1240. The second-order valence-electron chi connectivity index (χ2n) is 9.11. The number of aromatic nitrogens is 2. The molecule has 8 nitrogen and oxygen atoms in total. The Morgan fingerprint density at radius 3 is 2.37 bits per heavy atom. The summed E-state index contributed by atoms with van der Waals surface area (Å²) in [6.45, 7) is 2.12. The number of carbonyl (C=O) groups is 2. The molecule has 38 heavy (non-hydrogen) atoms. The first kappa shape index (κ1) is 29.1. The Labute approximate surface area is 223 Å². The molecule has 1 aromatic heterocycles. The fourth-order valence-corrected chi connectivity index (χ4v) is 4.22. The van der Waals surface area contributed by atoms with Crippen LogP contribution in [0.25, 0.3) is 11.0 Å². The third kappa shape index (κ3) is 8.54. The molecule has 1 aliphatic carbocycles. The number of halogens is 4. The van der Waals surface area contributed by atoms with E-state index >= 15 is 0 Å². The predicted molar refractivity (Wildman–Crippen MR) is 139 cm³/mol. The number of carbonyl (C=O) groups excluding carboxylic acids is 2. The monoisotopic (exact) mass is 554 g/mol. The first-order valence-corrected chi connectivity index (χ1v) is 12.5. The van der Waals surface area contributed by atoms with Crippen LogP contribution in [0, 0.1) is 5.92 Å². The molecule has 1 aliphatic rings. The van der Waals surface area contributed by atoms with Crippen molar-refractivity contribution in [1.82, 2.24) is 14.9 Å². The van der Waals surface area contributed by atoms with Crippen LogP contribution in [0.3, 0.4) is 0 Å². The number of hydrogen-bond acceptors (Lipinski definition) is 6. The van der Waals surface area contributed by atoms with Gasteiger partial charge >= 0.3 is 12.3 Å². The summed E-state index contributed by atoms with van der Waals surface area (Å²) in [4.78, 5) is 32.4. The molecule has 4 rings (SSSR count). The molecule has 0 unspecified atom stereocenters. The average molecular weight is 555 g/mol. The van der Waals surface area contributed by atoms with E-state index in [1.807, 2.05) is 0 Å². The Kier molecular flexibility index (Phi) is 9.84. The van der Waals surface area contributed by atoms with Crippen LogP contribution in [0.15, 0.2) is 36.4 Å². The van der Waals surface area contributed by atoms with Crippen molar-refractivity contribution in [3.8, 4) is 5.75 Å². The van der Waals surface area contributed by atoms with Gasteiger partial charge in [0.05, 0.1) is 28.7 Å². The number of nitrogens with one attached hydrogen (secondary N) is 2. The first-order valence-electron chi connectivity index (χ1n) is 12.1. The number of fused-ring (bicyclic) bond motifs is 1. The topological polar surface area (TPSA) is 96.6 Å². The lowest BCUT2D eigenvalue weighted by Crippen LogP contribution is -2.32. The molecule has 1 amide bonds. The van der Waals surface area contributed by atoms with E-state index in [2.05, 4.69) is 31.7 Å². The number of amides is 1. The quantitative estimate of drug-likeness (QED) is 0.330. The summed E-state index contributed by atoms with van der Waals surface area (Å²) in [7, 11) is 2.65. The maximum atomic E-state index is 12.6. The third-order valence-corrected chi connectivity index (χ3v) is 6.30. The van der Waals surface area contributed by atoms with E-state index in [1.54, 1.807) is 0 Å². The number of H-pyrrole nitrogens is 1. The standard InChI is InChI=1S/C19H16ClF3N4O4.C7H14/c1-27(9-16(28)30-2)17(29)12-7-14-15(8-13(12)20)26-18(25-14)24-10-3-5-11(6-4-10)31-19(21,22)23;1-7-5-3-2-4-6-7/h3-8H,9H2,1-2H3,(H2,24,25,26);7H,2-6H2,1H3. The third-order valence-electron chi connectivity index (χ3n) is 5.99. The smallest absolute Gasteiger partial charge is 0.468 e. The normalized spacial score (nSPS) is 13.9. The minimum absolute atomic E-state index is 0.146. The number of nitrogens with zero attached hydrogens (tertiary/aromatic N) is 2. The fourth-order valence-electron chi connectivity index (χ4n) is 3.97. The molecule has 3 aromatic rings. The van der Waals surface area contributed by atoms with E-state index in [0.717, 1.165) is 23.0 Å². The number of benzene rings is 2. The van der Waals surface area contributed by atoms with Crippen LogP contribution in [-0.2, 0) is 9.53 Å². The van der Waals surface area contributed by atoms with E-state index in [9.17, 15) is 22.8 Å². The highest BCUT2D eigenvalue weighted by Crippen LogP contribution is 2.28. The van der Waals surface area contributed by atoms with Crippen molar-refractivity contribution in [2.75, 3.05) is 26.0 Å². The van der Waals surface area contributed by atoms with Gasteiger partial charge in [-0.1, -0.05) is 50.6 Å². The van der Waals surface area contributed by atoms with Crippen LogP contribution in [0.5, 0.6) is 5.75 Å². The lowest BCUT2D eigenvalue weighted by atomic mass is 9.91. The summed E-state index contributed by atoms with van der Waals surface area (Å²) in [5.74, 6) is -0.105. The van der Waals surface area contributed by atoms with Crippen LogP contribution in [0.2, 0.25) is 5.02 Å². The SMILES string of the molecule is CC1CCCCC1.COC(=O)CN(C)C(=O)c1cc2nc(Nc3ccc(OC(F)(F)F)cc3)[nH]c2cc1Cl. The second kappa shape index (κ2) is 12.9. The van der Waals surface area contributed by atoms with E-state index in [0.29, 0.717) is 16.7 Å². The van der Waals surface area contributed by atoms with Crippen molar-refractivity contribution in [2.45, 2.75) is 45.4 Å². The Hall–Kier alpha value is -3.47. The average Bonchev–Trinajstić information content (AvgIpc) is 3.25. The van der Waals surface area contributed by atoms with Gasteiger partial charge in [-0.2, -0.15) is 0 Å². The van der Waals surface area contributed by atoms with E-state index in [4.69, 9.17) is 11.6 Å². The molecular formula is C26H30ClF3N4O4. The minimum atomic E-state index is -4.77. The molecule has 0 saturated heterocycles. The molecule has 0 atom stereocenters. The zero-order valence-corrected chi connectivity index (χ0v) is 22.1.